The van der Waals surface area contributed by atoms with Gasteiger partial charge in [-0.3, -0.25) is 14.8 Å². The van der Waals surface area contributed by atoms with Crippen LogP contribution in [-0.4, -0.2) is 110 Å². The van der Waals surface area contributed by atoms with E-state index in [9.17, 15) is 8.42 Å². The highest BCUT2D eigenvalue weighted by Crippen LogP contribution is 2.54. The average Bonchev–Trinajstić information content (AvgIpc) is 3.29. The van der Waals surface area contributed by atoms with Crippen molar-refractivity contribution in [3.05, 3.63) is 81.5 Å². The van der Waals surface area contributed by atoms with Gasteiger partial charge in [0.25, 0.3) is 0 Å². The number of ether oxygens (including phenoxy) is 1. The van der Waals surface area contributed by atoms with Gasteiger partial charge in [-0.15, -0.1) is 0 Å². The van der Waals surface area contributed by atoms with Crippen LogP contribution in [0.2, 0.25) is 10.0 Å². The summed E-state index contributed by atoms with van der Waals surface area (Å²) >= 11 is 12.7. The van der Waals surface area contributed by atoms with Gasteiger partial charge in [0.1, 0.15) is 26.8 Å². The molecule has 5 rings (SSSR count). The molecule has 0 bridgehead atoms. The summed E-state index contributed by atoms with van der Waals surface area (Å²) in [5.74, 6) is 1.31. The van der Waals surface area contributed by atoms with Crippen LogP contribution in [0.3, 0.4) is 0 Å². The van der Waals surface area contributed by atoms with E-state index >= 15 is 4.79 Å². The lowest BCUT2D eigenvalue weighted by Crippen LogP contribution is -2.60. The maximum atomic E-state index is 15.0. The van der Waals surface area contributed by atoms with Crippen molar-refractivity contribution in [2.24, 2.45) is 4.99 Å². The lowest BCUT2D eigenvalue weighted by atomic mass is 9.71. The molecule has 0 spiro atoms. The zero-order valence-corrected chi connectivity index (χ0v) is 30.6. The molecule has 2 atom stereocenters. The van der Waals surface area contributed by atoms with Crippen molar-refractivity contribution in [3.63, 3.8) is 0 Å². The van der Waals surface area contributed by atoms with Gasteiger partial charge >= 0.3 is 6.03 Å². The number of hydrogen-bond donors (Lipinski definition) is 0. The van der Waals surface area contributed by atoms with Crippen LogP contribution in [0.1, 0.15) is 43.9 Å². The molecule has 2 aromatic carbocycles. The fourth-order valence-electron chi connectivity index (χ4n) is 6.39. The summed E-state index contributed by atoms with van der Waals surface area (Å²) in [6.45, 7) is 9.08. The molecular weight excluding hydrogens is 673 g/mol. The molecule has 1 fully saturated rings. The van der Waals surface area contributed by atoms with Gasteiger partial charge in [0, 0.05) is 62.8 Å². The Morgan fingerprint density at radius 1 is 0.958 bits per heavy atom. The minimum atomic E-state index is -3.04. The quantitative estimate of drug-likeness (QED) is 0.278. The molecule has 2 aliphatic heterocycles. The molecule has 2 unspecified atom stereocenters. The van der Waals surface area contributed by atoms with Crippen molar-refractivity contribution >= 4 is 50.9 Å². The summed E-state index contributed by atoms with van der Waals surface area (Å²) in [5.41, 5.74) is 0.117. The van der Waals surface area contributed by atoms with E-state index in [-0.39, 0.29) is 11.8 Å². The predicted octanol–water partition coefficient (Wildman–Crippen LogP) is 5.31. The van der Waals surface area contributed by atoms with E-state index < -0.39 is 20.9 Å². The minimum absolute atomic E-state index is 0.138. The number of nitrogens with zero attached hydrogens (tertiary/aromatic N) is 7. The highest BCUT2D eigenvalue weighted by atomic mass is 35.5. The standard InChI is InChI=1S/C34H43Cl2N7O4S/c1-7-47-30-28(23-37-31(38-30)40(4)5)29-39-33(2,24-9-13-26(35)14-10-24)34(3,25-11-15-27(36)16-12-25)43(29)32(44)42-20-18-41(19-21-42)17-8-22-48(6,45)46/h9-16,23H,7-8,17-22H2,1-6H3. The number of halogens is 2. The lowest BCUT2D eigenvalue weighted by molar-refractivity contribution is 0.0868. The third-order valence-corrected chi connectivity index (χ3v) is 10.8. The SMILES string of the molecule is CCOc1nc(N(C)C)ncc1C1=NC(C)(c2ccc(Cl)cc2)C(C)(c2ccc(Cl)cc2)N1C(=O)N1CCN(CCCS(C)(=O)=O)CC1. The second kappa shape index (κ2) is 14.2. The van der Waals surface area contributed by atoms with Crippen molar-refractivity contribution in [1.82, 2.24) is 24.7 Å². The van der Waals surface area contributed by atoms with Crippen LogP contribution in [0, 0.1) is 0 Å². The third kappa shape index (κ3) is 7.12. The number of aromatic nitrogens is 2. The van der Waals surface area contributed by atoms with Crippen molar-refractivity contribution in [2.75, 3.05) is 70.3 Å². The first-order valence-corrected chi connectivity index (χ1v) is 18.8. The number of carbonyl (C=O) groups is 1. The van der Waals surface area contributed by atoms with E-state index in [1.807, 2.05) is 88.3 Å². The van der Waals surface area contributed by atoms with Gasteiger partial charge in [0.05, 0.1) is 17.9 Å². The second-order valence-electron chi connectivity index (χ2n) is 12.7. The molecule has 3 heterocycles. The van der Waals surface area contributed by atoms with Crippen molar-refractivity contribution < 1.29 is 17.9 Å². The Kier molecular flexibility index (Phi) is 10.6. The maximum Gasteiger partial charge on any atom is 0.326 e. The maximum absolute atomic E-state index is 15.0. The van der Waals surface area contributed by atoms with E-state index in [0.29, 0.717) is 79.0 Å². The van der Waals surface area contributed by atoms with Crippen LogP contribution < -0.4 is 9.64 Å². The fourth-order valence-corrected chi connectivity index (χ4v) is 7.30. The molecule has 2 amide bonds. The van der Waals surface area contributed by atoms with Gasteiger partial charge in [-0.25, -0.2) is 18.2 Å². The van der Waals surface area contributed by atoms with Crippen LogP contribution in [-0.2, 0) is 20.9 Å². The van der Waals surface area contributed by atoms with Crippen LogP contribution in [0.25, 0.3) is 0 Å². The molecule has 0 saturated carbocycles. The molecule has 14 heteroatoms. The summed E-state index contributed by atoms with van der Waals surface area (Å²) in [4.78, 5) is 37.4. The number of sulfone groups is 1. The molecule has 11 nitrogen and oxygen atoms in total. The number of piperazine rings is 1. The van der Waals surface area contributed by atoms with Gasteiger partial charge in [0.15, 0.2) is 0 Å². The van der Waals surface area contributed by atoms with Gasteiger partial charge < -0.3 is 14.5 Å². The number of benzene rings is 2. The number of amidine groups is 1. The van der Waals surface area contributed by atoms with E-state index in [1.165, 1.54) is 6.26 Å². The Morgan fingerprint density at radius 3 is 2.08 bits per heavy atom. The number of hydrogen-bond acceptors (Lipinski definition) is 9. The smallest absolute Gasteiger partial charge is 0.326 e. The minimum Gasteiger partial charge on any atom is -0.477 e. The molecule has 48 heavy (non-hydrogen) atoms. The number of aliphatic imine (C=N–C) groups is 1. The van der Waals surface area contributed by atoms with Crippen LogP contribution in [0.15, 0.2) is 59.7 Å². The second-order valence-corrected chi connectivity index (χ2v) is 15.9. The largest absolute Gasteiger partial charge is 0.477 e. The Labute approximate surface area is 293 Å². The molecule has 258 valence electrons. The van der Waals surface area contributed by atoms with Crippen molar-refractivity contribution in [3.8, 4) is 5.88 Å². The lowest BCUT2D eigenvalue weighted by Gasteiger charge is -2.47. The average molecular weight is 717 g/mol. The van der Waals surface area contributed by atoms with Crippen LogP contribution >= 0.6 is 23.2 Å². The van der Waals surface area contributed by atoms with Crippen LogP contribution in [0.5, 0.6) is 5.88 Å². The fraction of sp³-hybridized carbons (Fsp3) is 0.471. The highest BCUT2D eigenvalue weighted by Gasteiger charge is 2.60. The third-order valence-electron chi connectivity index (χ3n) is 9.24. The van der Waals surface area contributed by atoms with Crippen molar-refractivity contribution in [2.45, 2.75) is 38.3 Å². The summed E-state index contributed by atoms with van der Waals surface area (Å²) in [7, 11) is 0.665. The van der Waals surface area contributed by atoms with Gasteiger partial charge in [0.2, 0.25) is 11.8 Å². The number of carbonyl (C=O) groups excluding carboxylic acids is 1. The summed E-state index contributed by atoms with van der Waals surface area (Å²) in [6.07, 6.45) is 3.47. The molecule has 0 aliphatic carbocycles. The summed E-state index contributed by atoms with van der Waals surface area (Å²) in [6, 6.07) is 14.8. The van der Waals surface area contributed by atoms with Gasteiger partial charge in [-0.2, -0.15) is 4.98 Å². The topological polar surface area (TPSA) is 112 Å². The van der Waals surface area contributed by atoms with Crippen LogP contribution in [0.4, 0.5) is 10.7 Å². The normalized spacial score (nSPS) is 21.7. The Hall–Kier alpha value is -3.45. The number of amides is 2. The number of urea groups is 1. The molecule has 2 aliphatic rings. The van der Waals surface area contributed by atoms with Gasteiger partial charge in [-0.1, -0.05) is 47.5 Å². The molecule has 0 N–H and O–H groups in total. The zero-order valence-electron chi connectivity index (χ0n) is 28.3. The first-order valence-electron chi connectivity index (χ1n) is 16.0. The molecule has 3 aromatic rings. The zero-order chi connectivity index (χ0) is 34.9. The summed E-state index contributed by atoms with van der Waals surface area (Å²) < 4.78 is 29.4. The Balaban J connectivity index is 1.64. The van der Waals surface area contributed by atoms with E-state index in [1.54, 1.807) is 16.0 Å². The van der Waals surface area contributed by atoms with Gasteiger partial charge in [-0.05, 0) is 69.1 Å². The number of rotatable bonds is 10. The van der Waals surface area contributed by atoms with E-state index in [2.05, 4.69) is 9.88 Å². The first-order chi connectivity index (χ1) is 22.7. The molecular formula is C34H43Cl2N7O4S. The molecule has 1 saturated heterocycles. The van der Waals surface area contributed by atoms with E-state index in [4.69, 9.17) is 37.9 Å². The summed E-state index contributed by atoms with van der Waals surface area (Å²) in [5, 5.41) is 1.16. The Bertz CT molecular complexity index is 1760. The predicted molar refractivity (Wildman–Crippen MR) is 191 cm³/mol. The molecule has 0 radical (unpaired) electrons. The monoisotopic (exact) mass is 715 g/mol. The Morgan fingerprint density at radius 2 is 1.54 bits per heavy atom. The van der Waals surface area contributed by atoms with Crippen molar-refractivity contribution in [1.29, 1.82) is 0 Å². The first kappa shape index (κ1) is 35.8. The highest BCUT2D eigenvalue weighted by molar-refractivity contribution is 7.90. The molecule has 1 aromatic heterocycles. The van der Waals surface area contributed by atoms with E-state index in [0.717, 1.165) is 11.1 Å². The number of anilines is 1.